The van der Waals surface area contributed by atoms with Crippen LogP contribution in [-0.4, -0.2) is 83.5 Å². The van der Waals surface area contributed by atoms with Crippen molar-refractivity contribution in [1.82, 2.24) is 24.8 Å². The minimum absolute atomic E-state index is 0.102. The lowest BCUT2D eigenvalue weighted by atomic mass is 10.1. The van der Waals surface area contributed by atoms with Gasteiger partial charge in [0.25, 0.3) is 0 Å². The van der Waals surface area contributed by atoms with Gasteiger partial charge >= 0.3 is 0 Å². The molecule has 2 aliphatic heterocycles. The first-order valence-corrected chi connectivity index (χ1v) is 11.9. The van der Waals surface area contributed by atoms with E-state index in [4.69, 9.17) is 0 Å². The van der Waals surface area contributed by atoms with Crippen LogP contribution in [0.25, 0.3) is 11.3 Å². The van der Waals surface area contributed by atoms with Gasteiger partial charge in [0.2, 0.25) is 11.9 Å². The van der Waals surface area contributed by atoms with Crippen molar-refractivity contribution in [2.75, 3.05) is 56.3 Å². The number of anilines is 4. The third-order valence-electron chi connectivity index (χ3n) is 6.72. The fourth-order valence-electron chi connectivity index (χ4n) is 5.01. The third-order valence-corrected chi connectivity index (χ3v) is 6.72. The highest BCUT2D eigenvalue weighted by molar-refractivity contribution is 5.91. The molecular formula is C26H32N8O. The van der Waals surface area contributed by atoms with Gasteiger partial charge in [-0.2, -0.15) is 0 Å². The number of nitrogens with one attached hydrogen (secondary N) is 2. The lowest BCUT2D eigenvalue weighted by molar-refractivity contribution is -0.116. The molecule has 4 heterocycles. The highest BCUT2D eigenvalue weighted by Gasteiger charge is 2.41. The predicted molar refractivity (Wildman–Crippen MR) is 139 cm³/mol. The van der Waals surface area contributed by atoms with Gasteiger partial charge < -0.3 is 20.4 Å². The summed E-state index contributed by atoms with van der Waals surface area (Å²) in [7, 11) is 5.93. The summed E-state index contributed by atoms with van der Waals surface area (Å²) in [4.78, 5) is 32.2. The smallest absolute Gasteiger partial charge is 0.239 e. The van der Waals surface area contributed by atoms with Crippen LogP contribution in [0.4, 0.5) is 23.1 Å². The van der Waals surface area contributed by atoms with Crippen molar-refractivity contribution in [3.63, 3.8) is 0 Å². The summed E-state index contributed by atoms with van der Waals surface area (Å²) < 4.78 is 0. The quantitative estimate of drug-likeness (QED) is 0.543. The van der Waals surface area contributed by atoms with Crippen LogP contribution in [0.2, 0.25) is 0 Å². The van der Waals surface area contributed by atoms with Gasteiger partial charge in [-0.3, -0.25) is 9.69 Å². The van der Waals surface area contributed by atoms with Crippen LogP contribution in [0.1, 0.15) is 12.0 Å². The highest BCUT2D eigenvalue weighted by Crippen LogP contribution is 2.36. The highest BCUT2D eigenvalue weighted by atomic mass is 16.2. The lowest BCUT2D eigenvalue weighted by Gasteiger charge is -2.34. The van der Waals surface area contributed by atoms with E-state index in [2.05, 4.69) is 67.6 Å². The molecule has 2 aromatic heterocycles. The monoisotopic (exact) mass is 472 g/mol. The maximum absolute atomic E-state index is 11.9. The summed E-state index contributed by atoms with van der Waals surface area (Å²) in [6.07, 6.45) is 4.70. The molecule has 2 unspecified atom stereocenters. The first-order valence-electron chi connectivity index (χ1n) is 11.9. The minimum atomic E-state index is -0.102. The molecule has 1 amide bonds. The Bertz CT molecular complexity index is 1210. The van der Waals surface area contributed by atoms with E-state index in [-0.39, 0.29) is 5.91 Å². The van der Waals surface area contributed by atoms with E-state index in [0.29, 0.717) is 30.4 Å². The van der Waals surface area contributed by atoms with Crippen molar-refractivity contribution in [2.45, 2.75) is 25.4 Å². The molecule has 9 heteroatoms. The SMILES string of the molecule is Cc1cc(Nc2nccc(-c3ccc(NC(=O)CN(C)C)nc3)n2)ccc1N1CC2CC1CN2C. The zero-order valence-electron chi connectivity index (χ0n) is 20.7. The molecule has 0 radical (unpaired) electrons. The van der Waals surface area contributed by atoms with Crippen molar-refractivity contribution < 1.29 is 4.79 Å². The van der Waals surface area contributed by atoms with Gasteiger partial charge in [-0.1, -0.05) is 0 Å². The van der Waals surface area contributed by atoms with E-state index in [9.17, 15) is 4.79 Å². The number of likely N-dealkylation sites (N-methyl/N-ethyl adjacent to an activating group) is 2. The molecule has 0 saturated carbocycles. The van der Waals surface area contributed by atoms with Gasteiger partial charge in [0.05, 0.1) is 12.2 Å². The van der Waals surface area contributed by atoms with Crippen LogP contribution >= 0.6 is 0 Å². The van der Waals surface area contributed by atoms with E-state index >= 15 is 0 Å². The molecule has 9 nitrogen and oxygen atoms in total. The Hall–Kier alpha value is -3.56. The molecule has 0 aliphatic carbocycles. The average Bonchev–Trinajstić information content (AvgIpc) is 3.39. The normalized spacial score (nSPS) is 19.4. The predicted octanol–water partition coefficient (Wildman–Crippen LogP) is 2.98. The van der Waals surface area contributed by atoms with E-state index in [1.54, 1.807) is 18.5 Å². The number of benzene rings is 1. The molecule has 1 aromatic carbocycles. The average molecular weight is 473 g/mol. The number of carbonyl (C=O) groups is 1. The Morgan fingerprint density at radius 3 is 2.63 bits per heavy atom. The largest absolute Gasteiger partial charge is 0.365 e. The van der Waals surface area contributed by atoms with Crippen LogP contribution in [0, 0.1) is 6.92 Å². The number of rotatable bonds is 7. The first-order chi connectivity index (χ1) is 16.9. The second-order valence-corrected chi connectivity index (χ2v) is 9.75. The van der Waals surface area contributed by atoms with Crippen LogP contribution in [0.3, 0.4) is 0 Å². The number of piperazine rings is 1. The molecular weight excluding hydrogens is 440 g/mol. The second-order valence-electron chi connectivity index (χ2n) is 9.75. The molecule has 2 saturated heterocycles. The van der Waals surface area contributed by atoms with Crippen molar-refractivity contribution >= 4 is 29.0 Å². The van der Waals surface area contributed by atoms with Crippen molar-refractivity contribution in [1.29, 1.82) is 0 Å². The van der Waals surface area contributed by atoms with E-state index in [0.717, 1.165) is 30.0 Å². The van der Waals surface area contributed by atoms with Crippen LogP contribution in [-0.2, 0) is 4.79 Å². The third kappa shape index (κ3) is 5.11. The molecule has 35 heavy (non-hydrogen) atoms. The Morgan fingerprint density at radius 2 is 1.97 bits per heavy atom. The zero-order chi connectivity index (χ0) is 24.5. The fraction of sp³-hybridized carbons (Fsp3) is 0.385. The molecule has 2 aliphatic rings. The molecule has 2 N–H and O–H groups in total. The van der Waals surface area contributed by atoms with Crippen molar-refractivity contribution in [3.05, 3.63) is 54.4 Å². The fourth-order valence-corrected chi connectivity index (χ4v) is 5.01. The number of pyridine rings is 1. The topological polar surface area (TPSA) is 89.5 Å². The maximum Gasteiger partial charge on any atom is 0.239 e. The van der Waals surface area contributed by atoms with Gasteiger partial charge in [0.15, 0.2) is 0 Å². The molecule has 3 aromatic rings. The summed E-state index contributed by atoms with van der Waals surface area (Å²) in [6.45, 7) is 4.72. The minimum Gasteiger partial charge on any atom is -0.365 e. The standard InChI is InChI=1S/C26H32N8O/c1-17-11-19(6-7-23(17)34-15-20-12-21(34)14-33(20)4)29-26-27-10-9-22(30-26)18-5-8-24(28-13-18)31-25(35)16-32(2)3/h5-11,13,20-21H,12,14-16H2,1-4H3,(H,27,29,30)(H,28,31,35). The first kappa shape index (κ1) is 23.2. The number of hydrogen-bond donors (Lipinski definition) is 2. The molecule has 182 valence electrons. The summed E-state index contributed by atoms with van der Waals surface area (Å²) in [5.74, 6) is 0.941. The number of hydrogen-bond acceptors (Lipinski definition) is 8. The lowest BCUT2D eigenvalue weighted by Crippen LogP contribution is -2.44. The van der Waals surface area contributed by atoms with Gasteiger partial charge in [-0.25, -0.2) is 15.0 Å². The number of amides is 1. The number of fused-ring (bicyclic) bond motifs is 2. The van der Waals surface area contributed by atoms with Gasteiger partial charge in [-0.05, 0) is 76.4 Å². The zero-order valence-corrected chi connectivity index (χ0v) is 20.7. The molecule has 2 fully saturated rings. The summed E-state index contributed by atoms with van der Waals surface area (Å²) >= 11 is 0. The van der Waals surface area contributed by atoms with Gasteiger partial charge in [0.1, 0.15) is 5.82 Å². The van der Waals surface area contributed by atoms with E-state index in [1.165, 1.54) is 17.7 Å². The number of nitrogens with zero attached hydrogens (tertiary/aromatic N) is 6. The Morgan fingerprint density at radius 1 is 1.11 bits per heavy atom. The van der Waals surface area contributed by atoms with E-state index < -0.39 is 0 Å². The number of aryl methyl sites for hydroxylation is 1. The maximum atomic E-state index is 11.9. The van der Waals surface area contributed by atoms with Crippen molar-refractivity contribution in [3.8, 4) is 11.3 Å². The molecule has 2 atom stereocenters. The number of likely N-dealkylation sites (tertiary alicyclic amines) is 1. The molecule has 0 spiro atoms. The van der Waals surface area contributed by atoms with Gasteiger partial charge in [0, 0.05) is 54.5 Å². The molecule has 2 bridgehead atoms. The van der Waals surface area contributed by atoms with Crippen LogP contribution < -0.4 is 15.5 Å². The van der Waals surface area contributed by atoms with Crippen molar-refractivity contribution in [2.24, 2.45) is 0 Å². The van der Waals surface area contributed by atoms with Gasteiger partial charge in [-0.15, -0.1) is 0 Å². The van der Waals surface area contributed by atoms with Crippen LogP contribution in [0.15, 0.2) is 48.8 Å². The summed E-state index contributed by atoms with van der Waals surface area (Å²) in [5.41, 5.74) is 5.13. The number of carbonyl (C=O) groups excluding carboxylic acids is 1. The molecule has 5 rings (SSSR count). The Kier molecular flexibility index (Phi) is 6.36. The Balaban J connectivity index is 1.26. The number of aromatic nitrogens is 3. The van der Waals surface area contributed by atoms with E-state index in [1.807, 2.05) is 31.1 Å². The van der Waals surface area contributed by atoms with Crippen LogP contribution in [0.5, 0.6) is 0 Å². The summed E-state index contributed by atoms with van der Waals surface area (Å²) in [6, 6.07) is 13.3. The summed E-state index contributed by atoms with van der Waals surface area (Å²) in [5, 5.41) is 6.13. The second kappa shape index (κ2) is 9.59. The Labute approximate surface area is 206 Å².